The highest BCUT2D eigenvalue weighted by Gasteiger charge is 2.07. The molecule has 3 aromatic rings. The van der Waals surface area contributed by atoms with Crippen LogP contribution in [0.15, 0.2) is 47.7 Å². The van der Waals surface area contributed by atoms with Gasteiger partial charge < -0.3 is 10.3 Å². The average molecular weight is 283 g/mol. The van der Waals surface area contributed by atoms with Gasteiger partial charge in [0.15, 0.2) is 0 Å². The number of carbonyl (C=O) groups is 1. The lowest BCUT2D eigenvalue weighted by Gasteiger charge is -2.06. The predicted octanol–water partition coefficient (Wildman–Crippen LogP) is 0.550. The number of carbonyl (C=O) groups excluding carboxylic acids is 1. The summed E-state index contributed by atoms with van der Waals surface area (Å²) in [6.45, 7) is 0.661. The molecule has 0 bridgehead atoms. The van der Waals surface area contributed by atoms with Crippen molar-refractivity contribution >= 4 is 16.9 Å². The van der Waals surface area contributed by atoms with Crippen molar-refractivity contribution in [3.8, 4) is 0 Å². The van der Waals surface area contributed by atoms with Crippen LogP contribution in [0.4, 0.5) is 0 Å². The van der Waals surface area contributed by atoms with Crippen molar-refractivity contribution in [2.45, 2.75) is 6.54 Å². The first-order valence-electron chi connectivity index (χ1n) is 6.47. The summed E-state index contributed by atoms with van der Waals surface area (Å²) in [6, 6.07) is 8.25. The molecule has 0 fully saturated rings. The Bertz CT molecular complexity index is 836. The quantitative estimate of drug-likeness (QED) is 0.731. The molecule has 21 heavy (non-hydrogen) atoms. The standard InChI is InChI=1S/C14H13N5O2/c20-13-2-1-5-18-19(13)7-6-15-14(21)10-3-4-11-12(8-10)17-9-16-11/h1-5,8-9H,6-7H2,(H,15,21)(H,16,17). The van der Waals surface area contributed by atoms with Crippen molar-refractivity contribution in [2.24, 2.45) is 0 Å². The summed E-state index contributed by atoms with van der Waals surface area (Å²) in [5.41, 5.74) is 1.97. The largest absolute Gasteiger partial charge is 0.350 e. The first kappa shape index (κ1) is 13.0. The van der Waals surface area contributed by atoms with Gasteiger partial charge in [-0.15, -0.1) is 0 Å². The number of rotatable bonds is 4. The number of fused-ring (bicyclic) bond motifs is 1. The number of benzene rings is 1. The van der Waals surface area contributed by atoms with Gasteiger partial charge in [0, 0.05) is 24.4 Å². The molecule has 2 N–H and O–H groups in total. The second kappa shape index (κ2) is 5.58. The van der Waals surface area contributed by atoms with Gasteiger partial charge in [-0.3, -0.25) is 9.59 Å². The van der Waals surface area contributed by atoms with E-state index in [0.717, 1.165) is 11.0 Å². The number of aromatic nitrogens is 4. The highest BCUT2D eigenvalue weighted by Crippen LogP contribution is 2.11. The van der Waals surface area contributed by atoms with Crippen molar-refractivity contribution in [1.82, 2.24) is 25.1 Å². The van der Waals surface area contributed by atoms with Gasteiger partial charge in [-0.25, -0.2) is 9.67 Å². The number of aromatic amines is 1. The molecule has 1 aromatic carbocycles. The van der Waals surface area contributed by atoms with Crippen molar-refractivity contribution in [1.29, 1.82) is 0 Å². The monoisotopic (exact) mass is 283 g/mol. The molecule has 0 aliphatic carbocycles. The summed E-state index contributed by atoms with van der Waals surface area (Å²) in [4.78, 5) is 30.5. The number of nitrogens with zero attached hydrogens (tertiary/aromatic N) is 3. The van der Waals surface area contributed by atoms with Crippen molar-refractivity contribution < 1.29 is 4.79 Å². The molecule has 0 atom stereocenters. The van der Waals surface area contributed by atoms with E-state index in [4.69, 9.17) is 0 Å². The van der Waals surface area contributed by atoms with Crippen LogP contribution in [0.3, 0.4) is 0 Å². The van der Waals surface area contributed by atoms with Crippen LogP contribution < -0.4 is 10.9 Å². The van der Waals surface area contributed by atoms with Crippen LogP contribution in [0.2, 0.25) is 0 Å². The molecule has 3 rings (SSSR count). The zero-order valence-electron chi connectivity index (χ0n) is 11.1. The van der Waals surface area contributed by atoms with Gasteiger partial charge in [0.25, 0.3) is 11.5 Å². The first-order valence-corrected chi connectivity index (χ1v) is 6.47. The molecule has 2 heterocycles. The van der Waals surface area contributed by atoms with Crippen LogP contribution in [0, 0.1) is 0 Å². The van der Waals surface area contributed by atoms with Gasteiger partial charge >= 0.3 is 0 Å². The van der Waals surface area contributed by atoms with Gasteiger partial charge in [0.2, 0.25) is 0 Å². The Morgan fingerprint density at radius 2 is 2.24 bits per heavy atom. The van der Waals surface area contributed by atoms with Gasteiger partial charge in [0.05, 0.1) is 23.9 Å². The fourth-order valence-corrected chi connectivity index (χ4v) is 2.01. The maximum Gasteiger partial charge on any atom is 0.266 e. The highest BCUT2D eigenvalue weighted by atomic mass is 16.1. The predicted molar refractivity (Wildman–Crippen MR) is 76.9 cm³/mol. The molecule has 0 unspecified atom stereocenters. The lowest BCUT2D eigenvalue weighted by atomic mass is 10.2. The Kier molecular flexibility index (Phi) is 3.46. The molecule has 0 aliphatic heterocycles. The summed E-state index contributed by atoms with van der Waals surface area (Å²) in [5, 5.41) is 6.68. The Balaban J connectivity index is 1.64. The molecule has 0 saturated carbocycles. The number of amides is 1. The van der Waals surface area contributed by atoms with E-state index in [0.29, 0.717) is 18.7 Å². The maximum absolute atomic E-state index is 12.0. The maximum atomic E-state index is 12.0. The van der Waals surface area contributed by atoms with Crippen LogP contribution >= 0.6 is 0 Å². The van der Waals surface area contributed by atoms with Crippen molar-refractivity contribution in [3.05, 3.63) is 58.8 Å². The van der Waals surface area contributed by atoms with E-state index in [1.807, 2.05) is 0 Å². The average Bonchev–Trinajstić information content (AvgIpc) is 2.96. The second-order valence-corrected chi connectivity index (χ2v) is 4.48. The first-order chi connectivity index (χ1) is 10.2. The lowest BCUT2D eigenvalue weighted by Crippen LogP contribution is -2.31. The Labute approximate surface area is 119 Å². The van der Waals surface area contributed by atoms with Crippen LogP contribution in [-0.4, -0.2) is 32.2 Å². The minimum absolute atomic E-state index is 0.189. The summed E-state index contributed by atoms with van der Waals surface area (Å²) in [7, 11) is 0. The number of nitrogens with one attached hydrogen (secondary N) is 2. The van der Waals surface area contributed by atoms with Crippen molar-refractivity contribution in [2.75, 3.05) is 6.54 Å². The third kappa shape index (κ3) is 2.81. The molecule has 0 saturated heterocycles. The molecule has 7 nitrogen and oxygen atoms in total. The Morgan fingerprint density at radius 3 is 3.10 bits per heavy atom. The molecular weight excluding hydrogens is 270 g/mol. The van der Waals surface area contributed by atoms with Crippen LogP contribution in [0.25, 0.3) is 11.0 Å². The van der Waals surface area contributed by atoms with Crippen LogP contribution in [-0.2, 0) is 6.54 Å². The Hall–Kier alpha value is -2.96. The number of imidazole rings is 1. The van der Waals surface area contributed by atoms with E-state index in [-0.39, 0.29) is 11.5 Å². The van der Waals surface area contributed by atoms with Gasteiger partial charge in [-0.2, -0.15) is 5.10 Å². The summed E-state index contributed by atoms with van der Waals surface area (Å²) in [5.74, 6) is -0.199. The number of H-pyrrole nitrogens is 1. The van der Waals surface area contributed by atoms with Gasteiger partial charge in [-0.05, 0) is 24.3 Å². The summed E-state index contributed by atoms with van der Waals surface area (Å²) >= 11 is 0. The van der Waals surface area contributed by atoms with E-state index in [1.165, 1.54) is 16.9 Å². The zero-order chi connectivity index (χ0) is 14.7. The molecule has 0 aliphatic rings. The topological polar surface area (TPSA) is 92.7 Å². The fourth-order valence-electron chi connectivity index (χ4n) is 2.01. The molecule has 0 spiro atoms. The zero-order valence-corrected chi connectivity index (χ0v) is 11.1. The molecular formula is C14H13N5O2. The minimum Gasteiger partial charge on any atom is -0.350 e. The van der Waals surface area contributed by atoms with Crippen LogP contribution in [0.5, 0.6) is 0 Å². The third-order valence-corrected chi connectivity index (χ3v) is 3.08. The molecule has 7 heteroatoms. The van der Waals surface area contributed by atoms with Gasteiger partial charge in [-0.1, -0.05) is 0 Å². The van der Waals surface area contributed by atoms with E-state index >= 15 is 0 Å². The molecule has 106 valence electrons. The number of hydrogen-bond donors (Lipinski definition) is 2. The molecule has 1 amide bonds. The lowest BCUT2D eigenvalue weighted by molar-refractivity contribution is 0.0952. The molecule has 0 radical (unpaired) electrons. The number of hydrogen-bond acceptors (Lipinski definition) is 4. The smallest absolute Gasteiger partial charge is 0.266 e. The normalized spacial score (nSPS) is 10.7. The molecule has 2 aromatic heterocycles. The van der Waals surface area contributed by atoms with Crippen LogP contribution in [0.1, 0.15) is 10.4 Å². The SMILES string of the molecule is O=C(NCCn1ncccc1=O)c1ccc2nc[nH]c2c1. The fraction of sp³-hybridized carbons (Fsp3) is 0.143. The van der Waals surface area contributed by atoms with E-state index in [2.05, 4.69) is 20.4 Å². The van der Waals surface area contributed by atoms with E-state index in [9.17, 15) is 9.59 Å². The third-order valence-electron chi connectivity index (χ3n) is 3.08. The van der Waals surface area contributed by atoms with E-state index < -0.39 is 0 Å². The highest BCUT2D eigenvalue weighted by molar-refractivity contribution is 5.97. The second-order valence-electron chi connectivity index (χ2n) is 4.48. The summed E-state index contributed by atoms with van der Waals surface area (Å²) < 4.78 is 1.30. The van der Waals surface area contributed by atoms with Gasteiger partial charge in [0.1, 0.15) is 0 Å². The van der Waals surface area contributed by atoms with E-state index in [1.54, 1.807) is 30.6 Å². The minimum atomic E-state index is -0.199. The van der Waals surface area contributed by atoms with Crippen molar-refractivity contribution in [3.63, 3.8) is 0 Å². The Morgan fingerprint density at radius 1 is 1.33 bits per heavy atom. The summed E-state index contributed by atoms with van der Waals surface area (Å²) in [6.07, 6.45) is 3.12.